The third-order valence-corrected chi connectivity index (χ3v) is 5.13. The highest BCUT2D eigenvalue weighted by Crippen LogP contribution is 2.37. The van der Waals surface area contributed by atoms with Gasteiger partial charge in [0.15, 0.2) is 0 Å². The molecule has 3 heteroatoms. The van der Waals surface area contributed by atoms with Gasteiger partial charge in [-0.05, 0) is 43.1 Å². The fraction of sp³-hybridized carbons (Fsp3) is 0.571. The molecular formula is C14H20BrNS. The van der Waals surface area contributed by atoms with E-state index in [9.17, 15) is 0 Å². The average Bonchev–Trinajstić information content (AvgIpc) is 2.82. The lowest BCUT2D eigenvalue weighted by atomic mass is 10.2. The Morgan fingerprint density at radius 2 is 2.12 bits per heavy atom. The second-order valence-electron chi connectivity index (χ2n) is 4.56. The quantitative estimate of drug-likeness (QED) is 0.853. The van der Waals surface area contributed by atoms with Crippen LogP contribution in [0.2, 0.25) is 0 Å². The van der Waals surface area contributed by atoms with Crippen LogP contribution >= 0.6 is 27.7 Å². The lowest BCUT2D eigenvalue weighted by Crippen LogP contribution is -2.12. The number of rotatable bonds is 5. The predicted octanol–water partition coefficient (Wildman–Crippen LogP) is 4.59. The maximum atomic E-state index is 3.56. The zero-order valence-corrected chi connectivity index (χ0v) is 12.7. The van der Waals surface area contributed by atoms with Crippen molar-refractivity contribution in [3.63, 3.8) is 0 Å². The molecule has 1 fully saturated rings. The van der Waals surface area contributed by atoms with Gasteiger partial charge in [0.05, 0.1) is 0 Å². The highest BCUT2D eigenvalue weighted by molar-refractivity contribution is 9.10. The number of thioether (sulfide) groups is 1. The monoisotopic (exact) mass is 313 g/mol. The van der Waals surface area contributed by atoms with Crippen LogP contribution in [0.5, 0.6) is 0 Å². The first kappa shape index (κ1) is 13.4. The van der Waals surface area contributed by atoms with Crippen molar-refractivity contribution >= 4 is 27.7 Å². The van der Waals surface area contributed by atoms with Gasteiger partial charge in [-0.2, -0.15) is 0 Å². The number of halogens is 1. The molecular weight excluding hydrogens is 294 g/mol. The van der Waals surface area contributed by atoms with Crippen molar-refractivity contribution in [1.29, 1.82) is 0 Å². The summed E-state index contributed by atoms with van der Waals surface area (Å²) in [4.78, 5) is 1.46. The molecule has 1 saturated carbocycles. The van der Waals surface area contributed by atoms with E-state index in [1.54, 1.807) is 0 Å². The van der Waals surface area contributed by atoms with Crippen LogP contribution in [0.1, 0.15) is 38.2 Å². The van der Waals surface area contributed by atoms with E-state index in [2.05, 4.69) is 58.1 Å². The molecule has 94 valence electrons. The highest BCUT2D eigenvalue weighted by atomic mass is 79.9. The summed E-state index contributed by atoms with van der Waals surface area (Å²) in [6, 6.07) is 6.67. The Bertz CT molecular complexity index is 361. The Balaban J connectivity index is 2.07. The van der Waals surface area contributed by atoms with Gasteiger partial charge in [0.1, 0.15) is 0 Å². The number of nitrogens with one attached hydrogen (secondary N) is 1. The number of hydrogen-bond acceptors (Lipinski definition) is 2. The summed E-state index contributed by atoms with van der Waals surface area (Å²) in [6.07, 6.45) is 5.61. The van der Waals surface area contributed by atoms with E-state index in [0.717, 1.165) is 18.3 Å². The molecule has 1 aromatic rings. The zero-order valence-electron chi connectivity index (χ0n) is 10.3. The van der Waals surface area contributed by atoms with E-state index in [0.29, 0.717) is 0 Å². The zero-order chi connectivity index (χ0) is 12.1. The Morgan fingerprint density at radius 3 is 2.82 bits per heavy atom. The van der Waals surface area contributed by atoms with Gasteiger partial charge in [-0.15, -0.1) is 11.8 Å². The van der Waals surface area contributed by atoms with Crippen molar-refractivity contribution in [3.8, 4) is 0 Å². The van der Waals surface area contributed by atoms with Crippen LogP contribution in [0.15, 0.2) is 27.6 Å². The predicted molar refractivity (Wildman–Crippen MR) is 79.6 cm³/mol. The Kier molecular flexibility index (Phi) is 5.39. The summed E-state index contributed by atoms with van der Waals surface area (Å²) in [5, 5.41) is 4.27. The molecule has 0 bridgehead atoms. The van der Waals surface area contributed by atoms with Crippen LogP contribution in [0, 0.1) is 0 Å². The molecule has 1 nitrogen and oxygen atoms in total. The van der Waals surface area contributed by atoms with Gasteiger partial charge in [0, 0.05) is 21.2 Å². The normalized spacial score (nSPS) is 16.6. The van der Waals surface area contributed by atoms with Crippen LogP contribution in [0.25, 0.3) is 0 Å². The number of benzene rings is 1. The molecule has 0 radical (unpaired) electrons. The lowest BCUT2D eigenvalue weighted by molar-refractivity contribution is 0.717. The molecule has 1 N–H and O–H groups in total. The van der Waals surface area contributed by atoms with Gasteiger partial charge < -0.3 is 5.32 Å². The molecule has 0 heterocycles. The van der Waals surface area contributed by atoms with Gasteiger partial charge in [-0.1, -0.05) is 35.7 Å². The Labute approximate surface area is 117 Å². The molecule has 17 heavy (non-hydrogen) atoms. The van der Waals surface area contributed by atoms with Crippen molar-refractivity contribution in [2.45, 2.75) is 49.3 Å². The van der Waals surface area contributed by atoms with E-state index in [-0.39, 0.29) is 0 Å². The molecule has 1 aromatic carbocycles. The first-order valence-corrected chi connectivity index (χ1v) is 8.12. The molecule has 1 aliphatic rings. The van der Waals surface area contributed by atoms with Gasteiger partial charge >= 0.3 is 0 Å². The van der Waals surface area contributed by atoms with Crippen molar-refractivity contribution in [1.82, 2.24) is 5.32 Å². The maximum Gasteiger partial charge on any atom is 0.0216 e. The molecule has 1 aliphatic carbocycles. The van der Waals surface area contributed by atoms with Crippen LogP contribution in [-0.2, 0) is 6.54 Å². The minimum absolute atomic E-state index is 0.844. The minimum atomic E-state index is 0.844. The Morgan fingerprint density at radius 1 is 1.35 bits per heavy atom. The van der Waals surface area contributed by atoms with Crippen LogP contribution in [-0.4, -0.2) is 11.8 Å². The molecule has 0 aliphatic heterocycles. The summed E-state index contributed by atoms with van der Waals surface area (Å²) < 4.78 is 1.18. The van der Waals surface area contributed by atoms with Crippen molar-refractivity contribution in [2.75, 3.05) is 6.54 Å². The van der Waals surface area contributed by atoms with Crippen LogP contribution < -0.4 is 5.32 Å². The summed E-state index contributed by atoms with van der Waals surface area (Å²) in [6.45, 7) is 4.16. The van der Waals surface area contributed by atoms with Crippen LogP contribution in [0.3, 0.4) is 0 Å². The van der Waals surface area contributed by atoms with Crippen molar-refractivity contribution < 1.29 is 0 Å². The summed E-state index contributed by atoms with van der Waals surface area (Å²) in [5.74, 6) is 0. The average molecular weight is 314 g/mol. The summed E-state index contributed by atoms with van der Waals surface area (Å²) >= 11 is 5.64. The summed E-state index contributed by atoms with van der Waals surface area (Å²) in [5.41, 5.74) is 1.43. The fourth-order valence-electron chi connectivity index (χ4n) is 2.25. The van der Waals surface area contributed by atoms with Crippen LogP contribution in [0.4, 0.5) is 0 Å². The molecule has 0 amide bonds. The maximum absolute atomic E-state index is 3.56. The van der Waals surface area contributed by atoms with Gasteiger partial charge in [0.2, 0.25) is 0 Å². The molecule has 0 atom stereocenters. The largest absolute Gasteiger partial charge is 0.313 e. The van der Waals surface area contributed by atoms with E-state index in [1.165, 1.54) is 40.6 Å². The smallest absolute Gasteiger partial charge is 0.0216 e. The van der Waals surface area contributed by atoms with E-state index in [1.807, 2.05) is 0 Å². The third-order valence-electron chi connectivity index (χ3n) is 3.18. The van der Waals surface area contributed by atoms with E-state index >= 15 is 0 Å². The van der Waals surface area contributed by atoms with Crippen molar-refractivity contribution in [2.24, 2.45) is 0 Å². The first-order chi connectivity index (χ1) is 8.29. The molecule has 0 aromatic heterocycles. The molecule has 2 rings (SSSR count). The van der Waals surface area contributed by atoms with Gasteiger partial charge in [-0.3, -0.25) is 0 Å². The van der Waals surface area contributed by atoms with E-state index < -0.39 is 0 Å². The fourth-order valence-corrected chi connectivity index (χ4v) is 4.01. The first-order valence-electron chi connectivity index (χ1n) is 6.45. The minimum Gasteiger partial charge on any atom is -0.313 e. The standard InChI is InChI=1S/C14H20BrNS/c1-2-16-10-11-9-12(15)7-8-14(11)17-13-5-3-4-6-13/h7-9,13,16H,2-6,10H2,1H3. The van der Waals surface area contributed by atoms with Gasteiger partial charge in [-0.25, -0.2) is 0 Å². The third kappa shape index (κ3) is 4.01. The topological polar surface area (TPSA) is 12.0 Å². The molecule has 0 saturated heterocycles. The Hall–Kier alpha value is 0.01000. The summed E-state index contributed by atoms with van der Waals surface area (Å²) in [7, 11) is 0. The number of hydrogen-bond donors (Lipinski definition) is 1. The molecule has 0 spiro atoms. The van der Waals surface area contributed by atoms with Crippen molar-refractivity contribution in [3.05, 3.63) is 28.2 Å². The second-order valence-corrected chi connectivity index (χ2v) is 6.81. The molecule has 0 unspecified atom stereocenters. The van der Waals surface area contributed by atoms with E-state index in [4.69, 9.17) is 0 Å². The second kappa shape index (κ2) is 6.81. The highest BCUT2D eigenvalue weighted by Gasteiger charge is 2.17. The SMILES string of the molecule is CCNCc1cc(Br)ccc1SC1CCCC1. The lowest BCUT2D eigenvalue weighted by Gasteiger charge is -2.14. The van der Waals surface area contributed by atoms with Gasteiger partial charge in [0.25, 0.3) is 0 Å².